The quantitative estimate of drug-likeness (QED) is 0.542. The van der Waals surface area contributed by atoms with Crippen LogP contribution < -0.4 is 0 Å². The lowest BCUT2D eigenvalue weighted by Crippen LogP contribution is -2.49. The summed E-state index contributed by atoms with van der Waals surface area (Å²) in [6.45, 7) is 2.61. The zero-order valence-electron chi connectivity index (χ0n) is 15.4. The van der Waals surface area contributed by atoms with E-state index in [2.05, 4.69) is 30.9 Å². The largest absolute Gasteiger partial charge is 0.282 e. The molecule has 3 aromatic rings. The number of nitrogens with zero attached hydrogens (tertiary/aromatic N) is 5. The molecule has 0 unspecified atom stereocenters. The van der Waals surface area contributed by atoms with Gasteiger partial charge in [0, 0.05) is 54.8 Å². The topological polar surface area (TPSA) is 71.3 Å². The van der Waals surface area contributed by atoms with Gasteiger partial charge >= 0.3 is 0 Å². The SMILES string of the molecule is O=S(=O)(c1ccc(Br)cc1Cl)N1CCN(Cn2nccc2-c2cccnc2)CC1. The molecule has 10 heteroatoms. The van der Waals surface area contributed by atoms with Gasteiger partial charge in [0.2, 0.25) is 10.0 Å². The third-order valence-electron chi connectivity index (χ3n) is 4.85. The first kappa shape index (κ1) is 20.5. The average Bonchev–Trinajstić information content (AvgIpc) is 3.17. The average molecular weight is 497 g/mol. The van der Waals surface area contributed by atoms with E-state index in [1.165, 1.54) is 10.4 Å². The molecule has 0 N–H and O–H groups in total. The van der Waals surface area contributed by atoms with Crippen molar-refractivity contribution in [1.29, 1.82) is 0 Å². The third kappa shape index (κ3) is 4.39. The van der Waals surface area contributed by atoms with Crippen LogP contribution in [0, 0.1) is 0 Å². The number of hydrogen-bond acceptors (Lipinski definition) is 5. The zero-order valence-corrected chi connectivity index (χ0v) is 18.6. The molecule has 0 amide bonds. The summed E-state index contributed by atoms with van der Waals surface area (Å²) < 4.78 is 30.1. The smallest absolute Gasteiger partial charge is 0.244 e. The Labute approximate surface area is 183 Å². The van der Waals surface area contributed by atoms with E-state index in [4.69, 9.17) is 11.6 Å². The normalized spacial score (nSPS) is 16.2. The highest BCUT2D eigenvalue weighted by molar-refractivity contribution is 9.10. The van der Waals surface area contributed by atoms with E-state index in [9.17, 15) is 8.42 Å². The molecule has 0 spiro atoms. The molecule has 1 aromatic carbocycles. The van der Waals surface area contributed by atoms with E-state index >= 15 is 0 Å². The minimum absolute atomic E-state index is 0.141. The van der Waals surface area contributed by atoms with Gasteiger partial charge in [-0.05, 0) is 36.4 Å². The monoisotopic (exact) mass is 495 g/mol. The Morgan fingerprint density at radius 3 is 2.55 bits per heavy atom. The Bertz CT molecular complexity index is 1100. The molecule has 4 rings (SSSR count). The Morgan fingerprint density at radius 2 is 1.86 bits per heavy atom. The molecule has 1 aliphatic heterocycles. The van der Waals surface area contributed by atoms with Crippen LogP contribution in [0.4, 0.5) is 0 Å². The van der Waals surface area contributed by atoms with Gasteiger partial charge in [-0.15, -0.1) is 0 Å². The molecule has 1 saturated heterocycles. The first-order valence-electron chi connectivity index (χ1n) is 9.05. The lowest BCUT2D eigenvalue weighted by atomic mass is 10.2. The summed E-state index contributed by atoms with van der Waals surface area (Å²) in [6, 6.07) is 10.7. The van der Waals surface area contributed by atoms with Crippen molar-refractivity contribution in [1.82, 2.24) is 24.0 Å². The highest BCUT2D eigenvalue weighted by Crippen LogP contribution is 2.28. The first-order chi connectivity index (χ1) is 13.9. The van der Waals surface area contributed by atoms with Gasteiger partial charge in [0.1, 0.15) is 4.90 Å². The van der Waals surface area contributed by atoms with Gasteiger partial charge in [0.05, 0.1) is 17.4 Å². The van der Waals surface area contributed by atoms with E-state index in [0.29, 0.717) is 32.8 Å². The number of pyridine rings is 1. The number of rotatable bonds is 5. The number of piperazine rings is 1. The Hall–Kier alpha value is -1.78. The molecule has 0 radical (unpaired) electrons. The number of aromatic nitrogens is 3. The summed E-state index contributed by atoms with van der Waals surface area (Å²) in [5, 5.41) is 4.64. The molecular formula is C19H19BrClN5O2S. The first-order valence-corrected chi connectivity index (χ1v) is 11.7. The van der Waals surface area contributed by atoms with Crippen LogP contribution in [0.2, 0.25) is 5.02 Å². The third-order valence-corrected chi connectivity index (χ3v) is 7.73. The zero-order chi connectivity index (χ0) is 20.4. The van der Waals surface area contributed by atoms with E-state index in [-0.39, 0.29) is 9.92 Å². The second-order valence-corrected chi connectivity index (χ2v) is 9.93. The fraction of sp³-hybridized carbons (Fsp3) is 0.263. The predicted octanol–water partition coefficient (Wildman–Crippen LogP) is 3.33. The molecule has 7 nitrogen and oxygen atoms in total. The number of halogens is 2. The van der Waals surface area contributed by atoms with Crippen LogP contribution in [-0.4, -0.2) is 58.6 Å². The molecule has 0 saturated carbocycles. The van der Waals surface area contributed by atoms with Gasteiger partial charge in [-0.3, -0.25) is 14.6 Å². The van der Waals surface area contributed by atoms with Crippen molar-refractivity contribution < 1.29 is 8.42 Å². The van der Waals surface area contributed by atoms with Crippen LogP contribution in [0.15, 0.2) is 64.4 Å². The Morgan fingerprint density at radius 1 is 1.07 bits per heavy atom. The van der Waals surface area contributed by atoms with Gasteiger partial charge in [-0.25, -0.2) is 8.42 Å². The maximum Gasteiger partial charge on any atom is 0.244 e. The van der Waals surface area contributed by atoms with Crippen LogP contribution in [-0.2, 0) is 16.7 Å². The Kier molecular flexibility index (Phi) is 6.03. The van der Waals surface area contributed by atoms with E-state index in [0.717, 1.165) is 15.7 Å². The molecular weight excluding hydrogens is 478 g/mol. The number of hydrogen-bond donors (Lipinski definition) is 0. The summed E-state index contributed by atoms with van der Waals surface area (Å²) in [7, 11) is -3.62. The standard InChI is InChI=1S/C19H19BrClN5O2S/c20-16-3-4-19(17(21)12-16)29(27,28)25-10-8-24(9-11-25)14-26-18(5-7-23-26)15-2-1-6-22-13-15/h1-7,12-13H,8-11,14H2. The predicted molar refractivity (Wildman–Crippen MR) is 115 cm³/mol. The van der Waals surface area contributed by atoms with Gasteiger partial charge in [-0.1, -0.05) is 27.5 Å². The second-order valence-electron chi connectivity index (χ2n) is 6.70. The second kappa shape index (κ2) is 8.53. The van der Waals surface area contributed by atoms with Crippen molar-refractivity contribution >= 4 is 37.6 Å². The fourth-order valence-corrected chi connectivity index (χ4v) is 5.76. The van der Waals surface area contributed by atoms with E-state index in [1.54, 1.807) is 30.7 Å². The van der Waals surface area contributed by atoms with Crippen molar-refractivity contribution in [2.24, 2.45) is 0 Å². The maximum absolute atomic E-state index is 13.0. The number of sulfonamides is 1. The van der Waals surface area contributed by atoms with E-state index in [1.807, 2.05) is 22.9 Å². The summed E-state index contributed by atoms with van der Waals surface area (Å²) in [4.78, 5) is 6.49. The summed E-state index contributed by atoms with van der Waals surface area (Å²) in [5.41, 5.74) is 1.98. The van der Waals surface area contributed by atoms with Crippen molar-refractivity contribution in [3.63, 3.8) is 0 Å². The highest BCUT2D eigenvalue weighted by Gasteiger charge is 2.30. The van der Waals surface area contributed by atoms with Crippen LogP contribution in [0.3, 0.4) is 0 Å². The minimum atomic E-state index is -3.62. The van der Waals surface area contributed by atoms with E-state index < -0.39 is 10.0 Å². The van der Waals surface area contributed by atoms with Gasteiger partial charge in [-0.2, -0.15) is 9.40 Å². The maximum atomic E-state index is 13.0. The molecule has 152 valence electrons. The summed E-state index contributed by atoms with van der Waals surface area (Å²) >= 11 is 9.48. The molecule has 0 aliphatic carbocycles. The van der Waals surface area contributed by atoms with Crippen molar-refractivity contribution in [2.75, 3.05) is 26.2 Å². The van der Waals surface area contributed by atoms with Crippen molar-refractivity contribution in [2.45, 2.75) is 11.6 Å². The molecule has 0 atom stereocenters. The molecule has 2 aromatic heterocycles. The van der Waals surface area contributed by atoms with Gasteiger partial charge < -0.3 is 0 Å². The van der Waals surface area contributed by atoms with Crippen molar-refractivity contribution in [3.05, 3.63) is 64.5 Å². The van der Waals surface area contributed by atoms with Crippen LogP contribution in [0.5, 0.6) is 0 Å². The molecule has 29 heavy (non-hydrogen) atoms. The lowest BCUT2D eigenvalue weighted by Gasteiger charge is -2.34. The van der Waals surface area contributed by atoms with Crippen LogP contribution in [0.25, 0.3) is 11.3 Å². The minimum Gasteiger partial charge on any atom is -0.282 e. The summed E-state index contributed by atoms with van der Waals surface area (Å²) in [5.74, 6) is 0. The molecule has 3 heterocycles. The fourth-order valence-electron chi connectivity index (χ4n) is 3.33. The Balaban J connectivity index is 1.44. The van der Waals surface area contributed by atoms with Crippen LogP contribution in [0.1, 0.15) is 0 Å². The summed E-state index contributed by atoms with van der Waals surface area (Å²) in [6.07, 6.45) is 5.31. The molecule has 1 fully saturated rings. The van der Waals surface area contributed by atoms with Gasteiger partial charge in [0.15, 0.2) is 0 Å². The lowest BCUT2D eigenvalue weighted by molar-refractivity contribution is 0.146. The highest BCUT2D eigenvalue weighted by atomic mass is 79.9. The van der Waals surface area contributed by atoms with Crippen molar-refractivity contribution in [3.8, 4) is 11.3 Å². The van der Waals surface area contributed by atoms with Crippen LogP contribution >= 0.6 is 27.5 Å². The molecule has 1 aliphatic rings. The van der Waals surface area contributed by atoms with Gasteiger partial charge in [0.25, 0.3) is 0 Å². The molecule has 0 bridgehead atoms. The number of benzene rings is 1.